The predicted molar refractivity (Wildman–Crippen MR) is 83.8 cm³/mol. The standard InChI is InChI=1S/C15H23N3O2S/c1-11(16)12-8-9-18(10-12)14-4-2-3-5-15(14)21(19,20)17-13-6-7-13/h2-5,11-13,17H,6-10,16H2,1H3. The molecule has 1 saturated carbocycles. The van der Waals surface area contributed by atoms with E-state index in [1.807, 2.05) is 19.1 Å². The Morgan fingerprint density at radius 2 is 2.00 bits per heavy atom. The highest BCUT2D eigenvalue weighted by Crippen LogP contribution is 2.32. The molecule has 1 aliphatic carbocycles. The van der Waals surface area contributed by atoms with Gasteiger partial charge < -0.3 is 10.6 Å². The summed E-state index contributed by atoms with van der Waals surface area (Å²) in [7, 11) is -3.43. The van der Waals surface area contributed by atoms with Crippen molar-refractivity contribution in [2.24, 2.45) is 11.7 Å². The van der Waals surface area contributed by atoms with Crippen LogP contribution in [0.15, 0.2) is 29.2 Å². The molecule has 2 fully saturated rings. The van der Waals surface area contributed by atoms with Crippen LogP contribution in [0, 0.1) is 5.92 Å². The molecule has 2 atom stereocenters. The third kappa shape index (κ3) is 3.22. The fourth-order valence-corrected chi connectivity index (χ4v) is 4.40. The Morgan fingerprint density at radius 3 is 2.62 bits per heavy atom. The van der Waals surface area contributed by atoms with Crippen LogP contribution in [-0.4, -0.2) is 33.6 Å². The van der Waals surface area contributed by atoms with E-state index in [0.29, 0.717) is 10.8 Å². The lowest BCUT2D eigenvalue weighted by Gasteiger charge is -2.23. The van der Waals surface area contributed by atoms with Crippen molar-refractivity contribution in [1.82, 2.24) is 4.72 Å². The van der Waals surface area contributed by atoms with E-state index in [9.17, 15) is 8.42 Å². The van der Waals surface area contributed by atoms with Crippen LogP contribution in [0.4, 0.5) is 5.69 Å². The summed E-state index contributed by atoms with van der Waals surface area (Å²) >= 11 is 0. The minimum absolute atomic E-state index is 0.124. The summed E-state index contributed by atoms with van der Waals surface area (Å²) < 4.78 is 27.8. The average Bonchev–Trinajstić information content (AvgIpc) is 3.09. The summed E-state index contributed by atoms with van der Waals surface area (Å²) in [6.07, 6.45) is 2.90. The predicted octanol–water partition coefficient (Wildman–Crippen LogP) is 1.30. The first kappa shape index (κ1) is 14.8. The van der Waals surface area contributed by atoms with E-state index in [4.69, 9.17) is 5.73 Å². The van der Waals surface area contributed by atoms with E-state index in [1.165, 1.54) is 0 Å². The lowest BCUT2D eigenvalue weighted by molar-refractivity contribution is 0.488. The van der Waals surface area contributed by atoms with Crippen molar-refractivity contribution >= 4 is 15.7 Å². The first-order chi connectivity index (χ1) is 9.97. The fraction of sp³-hybridized carbons (Fsp3) is 0.600. The number of rotatable bonds is 5. The molecule has 2 aliphatic rings. The molecule has 3 rings (SSSR count). The van der Waals surface area contributed by atoms with Gasteiger partial charge in [0.05, 0.1) is 5.69 Å². The van der Waals surface area contributed by atoms with Crippen molar-refractivity contribution < 1.29 is 8.42 Å². The topological polar surface area (TPSA) is 75.4 Å². The smallest absolute Gasteiger partial charge is 0.242 e. The molecule has 5 nitrogen and oxygen atoms in total. The highest BCUT2D eigenvalue weighted by Gasteiger charge is 2.32. The van der Waals surface area contributed by atoms with Crippen molar-refractivity contribution in [2.75, 3.05) is 18.0 Å². The molecular weight excluding hydrogens is 286 g/mol. The molecule has 0 spiro atoms. The monoisotopic (exact) mass is 309 g/mol. The molecular formula is C15H23N3O2S. The van der Waals surface area contributed by atoms with E-state index in [-0.39, 0.29) is 12.1 Å². The number of sulfonamides is 1. The maximum atomic E-state index is 12.5. The Bertz CT molecular complexity index is 611. The maximum Gasteiger partial charge on any atom is 0.242 e. The zero-order valence-corrected chi connectivity index (χ0v) is 13.1. The third-order valence-corrected chi connectivity index (χ3v) is 5.93. The van der Waals surface area contributed by atoms with Crippen molar-refractivity contribution in [2.45, 2.75) is 43.2 Å². The molecule has 1 aromatic carbocycles. The summed E-state index contributed by atoms with van der Waals surface area (Å²) in [4.78, 5) is 2.54. The van der Waals surface area contributed by atoms with Gasteiger partial charge >= 0.3 is 0 Å². The second-order valence-corrected chi connectivity index (χ2v) is 7.90. The molecule has 6 heteroatoms. The largest absolute Gasteiger partial charge is 0.370 e. The molecule has 1 aromatic rings. The second-order valence-electron chi connectivity index (χ2n) is 6.22. The molecule has 0 aromatic heterocycles. The molecule has 1 saturated heterocycles. The Labute approximate surface area is 126 Å². The van der Waals surface area contributed by atoms with Crippen LogP contribution in [0.5, 0.6) is 0 Å². The van der Waals surface area contributed by atoms with Crippen LogP contribution in [0.2, 0.25) is 0 Å². The molecule has 2 unspecified atom stereocenters. The SMILES string of the molecule is CC(N)C1CCN(c2ccccc2S(=O)(=O)NC2CC2)C1. The normalized spacial score (nSPS) is 24.3. The molecule has 1 aliphatic heterocycles. The van der Waals surface area contributed by atoms with E-state index in [0.717, 1.165) is 38.0 Å². The highest BCUT2D eigenvalue weighted by molar-refractivity contribution is 7.89. The summed E-state index contributed by atoms with van der Waals surface area (Å²) in [5, 5.41) is 0. The van der Waals surface area contributed by atoms with Gasteiger partial charge in [-0.3, -0.25) is 0 Å². The van der Waals surface area contributed by atoms with Gasteiger partial charge in [0.25, 0.3) is 0 Å². The van der Waals surface area contributed by atoms with Gasteiger partial charge in [0.2, 0.25) is 10.0 Å². The Kier molecular flexibility index (Phi) is 3.94. The first-order valence-corrected chi connectivity index (χ1v) is 9.07. The number of hydrogen-bond acceptors (Lipinski definition) is 4. The number of benzene rings is 1. The number of anilines is 1. The number of para-hydroxylation sites is 1. The van der Waals surface area contributed by atoms with Crippen LogP contribution in [0.3, 0.4) is 0 Å². The van der Waals surface area contributed by atoms with Gasteiger partial charge in [-0.15, -0.1) is 0 Å². The van der Waals surface area contributed by atoms with Crippen LogP contribution in [0.1, 0.15) is 26.2 Å². The van der Waals surface area contributed by atoms with Crippen LogP contribution >= 0.6 is 0 Å². The zero-order chi connectivity index (χ0) is 15.0. The van der Waals surface area contributed by atoms with Gasteiger partial charge in [0.1, 0.15) is 4.90 Å². The highest BCUT2D eigenvalue weighted by atomic mass is 32.2. The minimum atomic E-state index is -3.43. The first-order valence-electron chi connectivity index (χ1n) is 7.59. The van der Waals surface area contributed by atoms with E-state index in [2.05, 4.69) is 9.62 Å². The number of nitrogens with one attached hydrogen (secondary N) is 1. The lowest BCUT2D eigenvalue weighted by Crippen LogP contribution is -2.31. The van der Waals surface area contributed by atoms with Gasteiger partial charge in [-0.1, -0.05) is 12.1 Å². The molecule has 0 amide bonds. The van der Waals surface area contributed by atoms with Crippen LogP contribution in [0.25, 0.3) is 0 Å². The maximum absolute atomic E-state index is 12.5. The van der Waals surface area contributed by atoms with Gasteiger partial charge in [0.15, 0.2) is 0 Å². The molecule has 0 radical (unpaired) electrons. The van der Waals surface area contributed by atoms with Crippen LogP contribution in [-0.2, 0) is 10.0 Å². The van der Waals surface area contributed by atoms with Crippen molar-refractivity contribution in [3.05, 3.63) is 24.3 Å². The van der Waals surface area contributed by atoms with Gasteiger partial charge in [-0.25, -0.2) is 13.1 Å². The van der Waals surface area contributed by atoms with E-state index < -0.39 is 10.0 Å². The van der Waals surface area contributed by atoms with Gasteiger partial charge in [-0.05, 0) is 44.2 Å². The Balaban J connectivity index is 1.86. The van der Waals surface area contributed by atoms with Crippen molar-refractivity contribution in [1.29, 1.82) is 0 Å². The Hall–Kier alpha value is -1.11. The van der Waals surface area contributed by atoms with Crippen molar-refractivity contribution in [3.63, 3.8) is 0 Å². The Morgan fingerprint density at radius 1 is 1.29 bits per heavy atom. The molecule has 116 valence electrons. The third-order valence-electron chi connectivity index (χ3n) is 4.36. The van der Waals surface area contributed by atoms with E-state index >= 15 is 0 Å². The summed E-state index contributed by atoms with van der Waals surface area (Å²) in [5.41, 5.74) is 6.78. The quantitative estimate of drug-likeness (QED) is 0.860. The van der Waals surface area contributed by atoms with Crippen LogP contribution < -0.4 is 15.4 Å². The molecule has 1 heterocycles. The number of nitrogens with zero attached hydrogens (tertiary/aromatic N) is 1. The summed E-state index contributed by atoms with van der Waals surface area (Å²) in [5.74, 6) is 0.428. The number of hydrogen-bond donors (Lipinski definition) is 2. The molecule has 0 bridgehead atoms. The second kappa shape index (κ2) is 5.59. The van der Waals surface area contributed by atoms with Gasteiger partial charge in [0, 0.05) is 25.2 Å². The average molecular weight is 309 g/mol. The fourth-order valence-electron chi connectivity index (χ4n) is 2.87. The molecule has 21 heavy (non-hydrogen) atoms. The minimum Gasteiger partial charge on any atom is -0.370 e. The summed E-state index contributed by atoms with van der Waals surface area (Å²) in [6, 6.07) is 7.53. The van der Waals surface area contributed by atoms with Gasteiger partial charge in [-0.2, -0.15) is 0 Å². The van der Waals surface area contributed by atoms with Crippen molar-refractivity contribution in [3.8, 4) is 0 Å². The van der Waals surface area contributed by atoms with E-state index in [1.54, 1.807) is 12.1 Å². The number of nitrogens with two attached hydrogens (primary N) is 1. The summed E-state index contributed by atoms with van der Waals surface area (Å²) in [6.45, 7) is 3.71. The molecule has 3 N–H and O–H groups in total. The zero-order valence-electron chi connectivity index (χ0n) is 12.3. The lowest BCUT2D eigenvalue weighted by atomic mass is 10.0.